The summed E-state index contributed by atoms with van der Waals surface area (Å²) in [5.41, 5.74) is 3.11. The molecule has 2 aromatic carbocycles. The summed E-state index contributed by atoms with van der Waals surface area (Å²) in [5, 5.41) is 2.98. The monoisotopic (exact) mass is 381 g/mol. The first kappa shape index (κ1) is 19.7. The molecule has 1 heterocycles. The number of ether oxygens (including phenoxy) is 1. The molecule has 1 fully saturated rings. The Kier molecular flexibility index (Phi) is 6.53. The fourth-order valence-corrected chi connectivity index (χ4v) is 3.38. The molecule has 0 radical (unpaired) electrons. The highest BCUT2D eigenvalue weighted by Crippen LogP contribution is 2.17. The zero-order valence-electron chi connectivity index (χ0n) is 16.5. The molecule has 0 saturated carbocycles. The van der Waals surface area contributed by atoms with Crippen molar-refractivity contribution in [3.8, 4) is 5.75 Å². The molecule has 6 heteroatoms. The van der Waals surface area contributed by atoms with Gasteiger partial charge < -0.3 is 19.9 Å². The summed E-state index contributed by atoms with van der Waals surface area (Å²) in [4.78, 5) is 27.9. The Hall–Kier alpha value is -3.02. The van der Waals surface area contributed by atoms with Crippen LogP contribution >= 0.6 is 0 Å². The molecule has 1 saturated heterocycles. The molecular formula is C22H27N3O3. The van der Waals surface area contributed by atoms with Gasteiger partial charge in [-0.1, -0.05) is 36.4 Å². The number of likely N-dealkylation sites (tertiary alicyclic amines) is 1. The van der Waals surface area contributed by atoms with Crippen molar-refractivity contribution in [2.24, 2.45) is 0 Å². The van der Waals surface area contributed by atoms with Gasteiger partial charge in [-0.2, -0.15) is 0 Å². The molecule has 0 unspecified atom stereocenters. The molecule has 1 aliphatic heterocycles. The van der Waals surface area contributed by atoms with Crippen LogP contribution in [0.3, 0.4) is 0 Å². The van der Waals surface area contributed by atoms with Crippen LogP contribution in [0.5, 0.6) is 5.75 Å². The summed E-state index contributed by atoms with van der Waals surface area (Å²) < 4.78 is 5.23. The standard InChI is InChI=1S/C22H27N3O3/c1-24(15-17-7-5-10-20(13-17)28-2)22(27)23-14-18-8-3-4-9-19(18)16-25-12-6-11-21(25)26/h3-5,7-10,13H,6,11-12,14-16H2,1-2H3,(H,23,27). The first-order chi connectivity index (χ1) is 13.6. The van der Waals surface area contributed by atoms with Crippen LogP contribution in [-0.2, 0) is 24.4 Å². The summed E-state index contributed by atoms with van der Waals surface area (Å²) >= 11 is 0. The average Bonchev–Trinajstić information content (AvgIpc) is 3.11. The Labute approximate surface area is 166 Å². The quantitative estimate of drug-likeness (QED) is 0.801. The maximum Gasteiger partial charge on any atom is 0.317 e. The Balaban J connectivity index is 1.57. The van der Waals surface area contributed by atoms with E-state index in [9.17, 15) is 9.59 Å². The molecule has 0 bridgehead atoms. The molecule has 0 atom stereocenters. The second-order valence-corrected chi connectivity index (χ2v) is 7.05. The van der Waals surface area contributed by atoms with Gasteiger partial charge in [-0.15, -0.1) is 0 Å². The van der Waals surface area contributed by atoms with E-state index in [-0.39, 0.29) is 11.9 Å². The molecule has 1 aliphatic rings. The topological polar surface area (TPSA) is 61.9 Å². The minimum Gasteiger partial charge on any atom is -0.497 e. The summed E-state index contributed by atoms with van der Waals surface area (Å²) in [7, 11) is 3.40. The van der Waals surface area contributed by atoms with Crippen LogP contribution < -0.4 is 10.1 Å². The molecule has 0 aromatic heterocycles. The van der Waals surface area contributed by atoms with Crippen molar-refractivity contribution in [3.63, 3.8) is 0 Å². The molecule has 0 spiro atoms. The summed E-state index contributed by atoms with van der Waals surface area (Å²) in [6.45, 7) is 2.33. The third-order valence-electron chi connectivity index (χ3n) is 4.98. The molecule has 2 aromatic rings. The van der Waals surface area contributed by atoms with Gasteiger partial charge in [-0.05, 0) is 35.2 Å². The van der Waals surface area contributed by atoms with E-state index in [0.29, 0.717) is 26.1 Å². The zero-order valence-corrected chi connectivity index (χ0v) is 16.5. The molecular weight excluding hydrogens is 354 g/mol. The largest absolute Gasteiger partial charge is 0.497 e. The first-order valence-corrected chi connectivity index (χ1v) is 9.53. The first-order valence-electron chi connectivity index (χ1n) is 9.53. The summed E-state index contributed by atoms with van der Waals surface area (Å²) in [5.74, 6) is 0.980. The molecule has 28 heavy (non-hydrogen) atoms. The van der Waals surface area contributed by atoms with Gasteiger partial charge in [0, 0.05) is 39.6 Å². The van der Waals surface area contributed by atoms with Crippen LogP contribution in [-0.4, -0.2) is 42.4 Å². The third-order valence-corrected chi connectivity index (χ3v) is 4.98. The highest BCUT2D eigenvalue weighted by molar-refractivity contribution is 5.78. The number of rotatable bonds is 7. The number of methoxy groups -OCH3 is 1. The van der Waals surface area contributed by atoms with Gasteiger partial charge in [0.15, 0.2) is 0 Å². The fourth-order valence-electron chi connectivity index (χ4n) is 3.38. The lowest BCUT2D eigenvalue weighted by Crippen LogP contribution is -2.36. The van der Waals surface area contributed by atoms with Crippen molar-refractivity contribution in [2.45, 2.75) is 32.5 Å². The maximum absolute atomic E-state index is 12.5. The number of amides is 3. The van der Waals surface area contributed by atoms with Crippen LogP contribution in [0.15, 0.2) is 48.5 Å². The van der Waals surface area contributed by atoms with E-state index in [1.165, 1.54) is 0 Å². The SMILES string of the molecule is COc1cccc(CN(C)C(=O)NCc2ccccc2CN2CCCC2=O)c1. The van der Waals surface area contributed by atoms with Crippen LogP contribution in [0.4, 0.5) is 4.79 Å². The van der Waals surface area contributed by atoms with E-state index in [2.05, 4.69) is 5.32 Å². The van der Waals surface area contributed by atoms with Crippen LogP contribution in [0, 0.1) is 0 Å². The van der Waals surface area contributed by atoms with Crippen LogP contribution in [0.25, 0.3) is 0 Å². The van der Waals surface area contributed by atoms with E-state index < -0.39 is 0 Å². The highest BCUT2D eigenvalue weighted by Gasteiger charge is 2.21. The minimum absolute atomic E-state index is 0.144. The minimum atomic E-state index is -0.144. The van der Waals surface area contributed by atoms with E-state index in [1.807, 2.05) is 53.4 Å². The van der Waals surface area contributed by atoms with Gasteiger partial charge in [-0.25, -0.2) is 4.79 Å². The Morgan fingerprint density at radius 1 is 1.18 bits per heavy atom. The van der Waals surface area contributed by atoms with Crippen molar-refractivity contribution >= 4 is 11.9 Å². The van der Waals surface area contributed by atoms with Gasteiger partial charge >= 0.3 is 6.03 Å². The maximum atomic E-state index is 12.5. The smallest absolute Gasteiger partial charge is 0.317 e. The second kappa shape index (κ2) is 9.26. The zero-order chi connectivity index (χ0) is 19.9. The normalized spacial score (nSPS) is 13.5. The van der Waals surface area contributed by atoms with Crippen molar-refractivity contribution in [1.82, 2.24) is 15.1 Å². The molecule has 3 rings (SSSR count). The number of urea groups is 1. The number of nitrogens with one attached hydrogen (secondary N) is 1. The Bertz CT molecular complexity index is 837. The van der Waals surface area contributed by atoms with Crippen LogP contribution in [0.1, 0.15) is 29.5 Å². The Morgan fingerprint density at radius 2 is 1.96 bits per heavy atom. The summed E-state index contributed by atoms with van der Waals surface area (Å²) in [6, 6.07) is 15.5. The lowest BCUT2D eigenvalue weighted by Gasteiger charge is -2.21. The van der Waals surface area contributed by atoms with Crippen molar-refractivity contribution in [2.75, 3.05) is 20.7 Å². The highest BCUT2D eigenvalue weighted by atomic mass is 16.5. The number of hydrogen-bond acceptors (Lipinski definition) is 3. The molecule has 148 valence electrons. The molecule has 0 aliphatic carbocycles. The van der Waals surface area contributed by atoms with Gasteiger partial charge in [0.1, 0.15) is 5.75 Å². The van der Waals surface area contributed by atoms with Gasteiger partial charge in [0.05, 0.1) is 7.11 Å². The van der Waals surface area contributed by atoms with E-state index >= 15 is 0 Å². The van der Waals surface area contributed by atoms with E-state index in [1.54, 1.807) is 19.1 Å². The van der Waals surface area contributed by atoms with Crippen molar-refractivity contribution in [3.05, 3.63) is 65.2 Å². The lowest BCUT2D eigenvalue weighted by atomic mass is 10.1. The summed E-state index contributed by atoms with van der Waals surface area (Å²) in [6.07, 6.45) is 1.56. The lowest BCUT2D eigenvalue weighted by molar-refractivity contribution is -0.128. The number of benzene rings is 2. The van der Waals surface area contributed by atoms with Gasteiger partial charge in [-0.3, -0.25) is 4.79 Å². The van der Waals surface area contributed by atoms with Crippen molar-refractivity contribution in [1.29, 1.82) is 0 Å². The predicted octanol–water partition coefficient (Wildman–Crippen LogP) is 3.16. The average molecular weight is 381 g/mol. The van der Waals surface area contributed by atoms with Gasteiger partial charge in [0.2, 0.25) is 5.91 Å². The second-order valence-electron chi connectivity index (χ2n) is 7.05. The number of hydrogen-bond donors (Lipinski definition) is 1. The molecule has 6 nitrogen and oxygen atoms in total. The number of carbonyl (C=O) groups excluding carboxylic acids is 2. The van der Waals surface area contributed by atoms with E-state index in [4.69, 9.17) is 4.74 Å². The third kappa shape index (κ3) is 5.03. The Morgan fingerprint density at radius 3 is 2.68 bits per heavy atom. The van der Waals surface area contributed by atoms with Crippen LogP contribution in [0.2, 0.25) is 0 Å². The number of nitrogens with zero attached hydrogens (tertiary/aromatic N) is 2. The predicted molar refractivity (Wildman–Crippen MR) is 108 cm³/mol. The fraction of sp³-hybridized carbons (Fsp3) is 0.364. The number of carbonyl (C=O) groups is 2. The van der Waals surface area contributed by atoms with Crippen molar-refractivity contribution < 1.29 is 14.3 Å². The molecule has 3 amide bonds. The van der Waals surface area contributed by atoms with E-state index in [0.717, 1.165) is 35.4 Å². The van der Waals surface area contributed by atoms with Gasteiger partial charge in [0.25, 0.3) is 0 Å². The molecule has 1 N–H and O–H groups in total.